The summed E-state index contributed by atoms with van der Waals surface area (Å²) < 4.78 is 0. The smallest absolute Gasteiger partial charge is 0.258 e. The lowest BCUT2D eigenvalue weighted by atomic mass is 10.0. The van der Waals surface area contributed by atoms with Crippen LogP contribution in [0.3, 0.4) is 0 Å². The molecule has 0 atom stereocenters. The number of carbonyl (C=O) groups is 1. The lowest BCUT2D eigenvalue weighted by Gasteiger charge is -2.12. The Bertz CT molecular complexity index is 808. The summed E-state index contributed by atoms with van der Waals surface area (Å²) in [4.78, 5) is 16.2. The van der Waals surface area contributed by atoms with Gasteiger partial charge in [-0.05, 0) is 37.4 Å². The van der Waals surface area contributed by atoms with Crippen LogP contribution in [0.1, 0.15) is 6.92 Å². The molecule has 0 aliphatic rings. The van der Waals surface area contributed by atoms with E-state index in [0.717, 1.165) is 11.1 Å². The van der Waals surface area contributed by atoms with Gasteiger partial charge in [0.15, 0.2) is 0 Å². The number of carbonyl (C=O) groups excluding carboxylic acids is 1. The molecule has 1 amide bonds. The van der Waals surface area contributed by atoms with Crippen LogP contribution in [-0.4, -0.2) is 12.6 Å². The van der Waals surface area contributed by atoms with Crippen LogP contribution in [0, 0.1) is 0 Å². The van der Waals surface area contributed by atoms with E-state index in [4.69, 9.17) is 23.2 Å². The van der Waals surface area contributed by atoms with Crippen molar-refractivity contribution in [3.05, 3.63) is 76.4 Å². The van der Waals surface area contributed by atoms with E-state index in [1.807, 2.05) is 36.4 Å². The number of aliphatic imine (C=N–C) groups is 1. The zero-order valence-electron chi connectivity index (χ0n) is 13.1. The van der Waals surface area contributed by atoms with Crippen molar-refractivity contribution in [3.63, 3.8) is 0 Å². The van der Waals surface area contributed by atoms with Crippen molar-refractivity contribution in [1.29, 1.82) is 0 Å². The van der Waals surface area contributed by atoms with Crippen molar-refractivity contribution in [2.75, 3.05) is 5.32 Å². The maximum atomic E-state index is 12.5. The van der Waals surface area contributed by atoms with Gasteiger partial charge in [0, 0.05) is 16.3 Å². The summed E-state index contributed by atoms with van der Waals surface area (Å²) >= 11 is 11.9. The average molecular weight is 359 g/mol. The first-order chi connectivity index (χ1) is 11.6. The molecule has 1 N–H and O–H groups in total. The van der Waals surface area contributed by atoms with E-state index < -0.39 is 0 Å². The number of benzene rings is 2. The molecule has 5 heteroatoms. The summed E-state index contributed by atoms with van der Waals surface area (Å²) in [6, 6.07) is 14.9. The van der Waals surface area contributed by atoms with Gasteiger partial charge in [-0.2, -0.15) is 0 Å². The molecule has 0 radical (unpaired) electrons. The first kappa shape index (κ1) is 18.0. The Labute approximate surface area is 151 Å². The standard InChI is InChI=1S/C19H16Cl2N2O/c1-3-6-16(18(21)22-2)19(24)23-17-8-5-4-7-15(17)13-9-11-14(20)12-10-13/h3-12H,2H2,1H3,(H,23,24)/b6-3-,18-16+. The fourth-order valence-electron chi connectivity index (χ4n) is 2.15. The highest BCUT2D eigenvalue weighted by molar-refractivity contribution is 6.33. The molecular formula is C19H16Cl2N2O. The highest BCUT2D eigenvalue weighted by Gasteiger charge is 2.13. The number of allylic oxidation sites excluding steroid dienone is 1. The molecule has 3 nitrogen and oxygen atoms in total. The van der Waals surface area contributed by atoms with Gasteiger partial charge in [-0.1, -0.05) is 65.7 Å². The molecule has 24 heavy (non-hydrogen) atoms. The van der Waals surface area contributed by atoms with E-state index in [9.17, 15) is 4.79 Å². The van der Waals surface area contributed by atoms with Gasteiger partial charge in [0.2, 0.25) is 0 Å². The second kappa shape index (κ2) is 8.48. The molecule has 122 valence electrons. The largest absolute Gasteiger partial charge is 0.321 e. The van der Waals surface area contributed by atoms with Crippen LogP contribution in [0.5, 0.6) is 0 Å². The SMILES string of the molecule is C=N/C(Cl)=C(\C=C/C)C(=O)Nc1ccccc1-c1ccc(Cl)cc1. The van der Waals surface area contributed by atoms with Crippen LogP contribution in [-0.2, 0) is 4.79 Å². The molecule has 0 unspecified atom stereocenters. The monoisotopic (exact) mass is 358 g/mol. The van der Waals surface area contributed by atoms with Crippen LogP contribution < -0.4 is 5.32 Å². The van der Waals surface area contributed by atoms with Gasteiger partial charge in [-0.15, -0.1) is 0 Å². The Morgan fingerprint density at radius 1 is 1.17 bits per heavy atom. The topological polar surface area (TPSA) is 41.5 Å². The number of anilines is 1. The van der Waals surface area contributed by atoms with Crippen molar-refractivity contribution in [3.8, 4) is 11.1 Å². The minimum Gasteiger partial charge on any atom is -0.321 e. The van der Waals surface area contributed by atoms with Gasteiger partial charge in [0.25, 0.3) is 5.91 Å². The molecule has 0 aliphatic carbocycles. The maximum absolute atomic E-state index is 12.5. The number of nitrogens with one attached hydrogen (secondary N) is 1. The van der Waals surface area contributed by atoms with Gasteiger partial charge in [-0.3, -0.25) is 9.79 Å². The van der Waals surface area contributed by atoms with Crippen LogP contribution in [0.2, 0.25) is 5.02 Å². The zero-order valence-corrected chi connectivity index (χ0v) is 14.6. The fourth-order valence-corrected chi connectivity index (χ4v) is 2.43. The Kier molecular flexibility index (Phi) is 6.36. The number of hydrogen-bond acceptors (Lipinski definition) is 2. The lowest BCUT2D eigenvalue weighted by molar-refractivity contribution is -0.112. The molecular weight excluding hydrogens is 343 g/mol. The summed E-state index contributed by atoms with van der Waals surface area (Å²) in [5.74, 6) is -0.355. The first-order valence-electron chi connectivity index (χ1n) is 7.22. The molecule has 0 bridgehead atoms. The molecule has 0 aromatic heterocycles. The van der Waals surface area contributed by atoms with Crippen molar-refractivity contribution in [2.45, 2.75) is 6.92 Å². The number of hydrogen-bond donors (Lipinski definition) is 1. The molecule has 0 spiro atoms. The van der Waals surface area contributed by atoms with E-state index >= 15 is 0 Å². The summed E-state index contributed by atoms with van der Waals surface area (Å²) in [5.41, 5.74) is 2.74. The molecule has 0 fully saturated rings. The molecule has 2 aromatic rings. The normalized spacial score (nSPS) is 12.0. The quantitative estimate of drug-likeness (QED) is 0.318. The van der Waals surface area contributed by atoms with Gasteiger partial charge in [0.1, 0.15) is 5.16 Å². The Morgan fingerprint density at radius 3 is 2.46 bits per heavy atom. The third kappa shape index (κ3) is 4.34. The molecule has 2 rings (SSSR count). The van der Waals surface area contributed by atoms with Crippen molar-refractivity contribution in [2.24, 2.45) is 4.99 Å². The predicted molar refractivity (Wildman–Crippen MR) is 103 cm³/mol. The third-order valence-corrected chi connectivity index (χ3v) is 3.84. The van der Waals surface area contributed by atoms with Crippen molar-refractivity contribution < 1.29 is 4.79 Å². The lowest BCUT2D eigenvalue weighted by Crippen LogP contribution is -2.14. The number of nitrogens with zero attached hydrogens (tertiary/aromatic N) is 1. The Balaban J connectivity index is 2.39. The maximum Gasteiger partial charge on any atom is 0.258 e. The van der Waals surface area contributed by atoms with Gasteiger partial charge in [0.05, 0.1) is 5.57 Å². The van der Waals surface area contributed by atoms with Gasteiger partial charge in [-0.25, -0.2) is 0 Å². The highest BCUT2D eigenvalue weighted by atomic mass is 35.5. The van der Waals surface area contributed by atoms with E-state index in [1.165, 1.54) is 0 Å². The summed E-state index contributed by atoms with van der Waals surface area (Å²) in [6.45, 7) is 5.15. The molecule has 0 saturated heterocycles. The predicted octanol–water partition coefficient (Wildman–Crippen LogP) is 5.67. The van der Waals surface area contributed by atoms with E-state index in [2.05, 4.69) is 17.0 Å². The zero-order chi connectivity index (χ0) is 17.5. The third-order valence-electron chi connectivity index (χ3n) is 3.27. The second-order valence-electron chi connectivity index (χ2n) is 4.87. The fraction of sp³-hybridized carbons (Fsp3) is 0.0526. The molecule has 0 aliphatic heterocycles. The number of amides is 1. The van der Waals surface area contributed by atoms with E-state index in [-0.39, 0.29) is 16.6 Å². The minimum atomic E-state index is -0.355. The van der Waals surface area contributed by atoms with Crippen LogP contribution in [0.25, 0.3) is 11.1 Å². The summed E-state index contributed by atoms with van der Waals surface area (Å²) in [7, 11) is 0. The average Bonchev–Trinajstić information content (AvgIpc) is 2.60. The van der Waals surface area contributed by atoms with Crippen LogP contribution in [0.15, 0.2) is 76.4 Å². The van der Waals surface area contributed by atoms with Gasteiger partial charge >= 0.3 is 0 Å². The number of halogens is 2. The highest BCUT2D eigenvalue weighted by Crippen LogP contribution is 2.29. The Hall–Kier alpha value is -2.36. The van der Waals surface area contributed by atoms with Crippen molar-refractivity contribution >= 4 is 41.5 Å². The van der Waals surface area contributed by atoms with Crippen LogP contribution in [0.4, 0.5) is 5.69 Å². The molecule has 0 saturated carbocycles. The summed E-state index contributed by atoms with van der Waals surface area (Å²) in [6.07, 6.45) is 3.31. The molecule has 0 heterocycles. The second-order valence-corrected chi connectivity index (χ2v) is 5.66. The van der Waals surface area contributed by atoms with E-state index in [0.29, 0.717) is 10.7 Å². The molecule has 2 aromatic carbocycles. The summed E-state index contributed by atoms with van der Waals surface area (Å²) in [5, 5.41) is 3.58. The number of rotatable bonds is 5. The van der Waals surface area contributed by atoms with E-state index in [1.54, 1.807) is 31.2 Å². The van der Waals surface area contributed by atoms with Gasteiger partial charge < -0.3 is 5.32 Å². The van der Waals surface area contributed by atoms with Crippen LogP contribution >= 0.6 is 23.2 Å². The minimum absolute atomic E-state index is 0.0505. The Morgan fingerprint density at radius 2 is 1.83 bits per heavy atom. The number of para-hydroxylation sites is 1. The first-order valence-corrected chi connectivity index (χ1v) is 7.98. The van der Waals surface area contributed by atoms with Crippen molar-refractivity contribution in [1.82, 2.24) is 0 Å².